The van der Waals surface area contributed by atoms with Crippen LogP contribution < -0.4 is 4.90 Å². The smallest absolute Gasteiger partial charge is 0.185 e. The van der Waals surface area contributed by atoms with Crippen LogP contribution in [0.4, 0.5) is 5.69 Å². The summed E-state index contributed by atoms with van der Waals surface area (Å²) in [5.74, 6) is -0.735. The molecule has 5 heteroatoms. The third kappa shape index (κ3) is 2.90. The van der Waals surface area contributed by atoms with Crippen LogP contribution in [-0.4, -0.2) is 17.9 Å². The van der Waals surface area contributed by atoms with Gasteiger partial charge in [-0.25, -0.2) is 0 Å². The van der Waals surface area contributed by atoms with Gasteiger partial charge in [0.2, 0.25) is 0 Å². The number of halogens is 1. The monoisotopic (exact) mass is 479 g/mol. The lowest BCUT2D eigenvalue weighted by atomic mass is 9.69. The Morgan fingerprint density at radius 2 is 1.66 bits per heavy atom. The van der Waals surface area contributed by atoms with Crippen molar-refractivity contribution in [1.82, 2.24) is 0 Å². The first-order valence-corrected chi connectivity index (χ1v) is 11.1. The van der Waals surface area contributed by atoms with Gasteiger partial charge >= 0.3 is 0 Å². The van der Waals surface area contributed by atoms with Crippen molar-refractivity contribution in [2.75, 3.05) is 4.90 Å². The molecular weight excluding hydrogens is 462 g/mol. The van der Waals surface area contributed by atoms with E-state index in [0.717, 1.165) is 21.3 Å². The summed E-state index contributed by atoms with van der Waals surface area (Å²) in [7, 11) is 0. The van der Waals surface area contributed by atoms with Crippen LogP contribution in [0.5, 0.6) is 0 Å². The number of anilines is 1. The minimum absolute atomic E-state index is 0.0990. The predicted molar refractivity (Wildman–Crippen MR) is 127 cm³/mol. The summed E-state index contributed by atoms with van der Waals surface area (Å²) in [5.41, 5.74) is 1.75. The predicted octanol–water partition coefficient (Wildman–Crippen LogP) is 5.73. The lowest BCUT2D eigenvalue weighted by Gasteiger charge is -2.35. The molecule has 0 saturated carbocycles. The fraction of sp³-hybridized carbons (Fsp3) is 0.148. The zero-order chi connectivity index (χ0) is 22.3. The normalized spacial score (nSPS) is 22.3. The molecule has 3 atom stereocenters. The lowest BCUT2D eigenvalue weighted by Crippen LogP contribution is -2.44. The van der Waals surface area contributed by atoms with Gasteiger partial charge in [0, 0.05) is 21.6 Å². The number of nitriles is 2. The number of carbonyl (C=O) groups excluding carboxylic acids is 1. The van der Waals surface area contributed by atoms with Gasteiger partial charge in [0.25, 0.3) is 0 Å². The number of nitrogens with zero attached hydrogens (tertiary/aromatic N) is 3. The Kier molecular flexibility index (Phi) is 4.93. The minimum atomic E-state index is -1.43. The molecule has 3 aromatic carbocycles. The molecule has 1 fully saturated rings. The highest BCUT2D eigenvalue weighted by Gasteiger charge is 2.63. The molecule has 2 aliphatic heterocycles. The number of para-hydroxylation sites is 1. The second-order valence-corrected chi connectivity index (χ2v) is 8.99. The van der Waals surface area contributed by atoms with E-state index in [1.807, 2.05) is 83.8 Å². The highest BCUT2D eigenvalue weighted by atomic mass is 79.9. The zero-order valence-electron chi connectivity index (χ0n) is 17.0. The fourth-order valence-electron chi connectivity index (χ4n) is 5.08. The fourth-order valence-corrected chi connectivity index (χ4v) is 5.50. The van der Waals surface area contributed by atoms with Crippen LogP contribution in [0.25, 0.3) is 6.08 Å². The van der Waals surface area contributed by atoms with Crippen LogP contribution in [0.3, 0.4) is 0 Å². The molecule has 0 radical (unpaired) electrons. The number of benzene rings is 3. The van der Waals surface area contributed by atoms with Crippen molar-refractivity contribution < 1.29 is 4.79 Å². The maximum Gasteiger partial charge on any atom is 0.185 e. The Morgan fingerprint density at radius 1 is 0.938 bits per heavy atom. The minimum Gasteiger partial charge on any atom is -0.351 e. The maximum atomic E-state index is 14.0. The molecule has 0 bridgehead atoms. The van der Waals surface area contributed by atoms with E-state index in [2.05, 4.69) is 28.1 Å². The molecule has 0 aliphatic carbocycles. The summed E-state index contributed by atoms with van der Waals surface area (Å²) in [6.45, 7) is 0. The molecule has 5 rings (SSSR count). The van der Waals surface area contributed by atoms with Gasteiger partial charge in [0.15, 0.2) is 11.2 Å². The highest BCUT2D eigenvalue weighted by molar-refractivity contribution is 9.10. The van der Waals surface area contributed by atoms with E-state index in [0.29, 0.717) is 5.56 Å². The second kappa shape index (κ2) is 7.79. The van der Waals surface area contributed by atoms with Gasteiger partial charge < -0.3 is 4.90 Å². The Morgan fingerprint density at radius 3 is 2.38 bits per heavy atom. The molecule has 0 unspecified atom stereocenters. The van der Waals surface area contributed by atoms with Crippen molar-refractivity contribution in [1.29, 1.82) is 10.5 Å². The number of ketones is 1. The van der Waals surface area contributed by atoms with Crippen molar-refractivity contribution in [3.63, 3.8) is 0 Å². The summed E-state index contributed by atoms with van der Waals surface area (Å²) in [5, 5.41) is 20.8. The number of Topliss-reactive ketones (excluding diaryl/α,β-unsaturated/α-hetero) is 1. The standard InChI is InChI=1S/C27H18BrN3O/c28-21-11-6-10-20(15-21)24-25(26(32)19-8-2-1-3-9-19)31-22-12-5-4-7-18(22)13-14-23(31)27(24,16-29)17-30/h1-15,23-25H/t23-,24-,25-/m1/s1. The lowest BCUT2D eigenvalue weighted by molar-refractivity contribution is 0.0951. The summed E-state index contributed by atoms with van der Waals surface area (Å²) < 4.78 is 0.839. The van der Waals surface area contributed by atoms with E-state index in [1.165, 1.54) is 0 Å². The van der Waals surface area contributed by atoms with E-state index in [4.69, 9.17) is 0 Å². The van der Waals surface area contributed by atoms with Crippen molar-refractivity contribution in [2.24, 2.45) is 5.41 Å². The molecule has 3 aromatic rings. The topological polar surface area (TPSA) is 67.9 Å². The molecule has 0 amide bonds. The van der Waals surface area contributed by atoms with Crippen LogP contribution >= 0.6 is 15.9 Å². The number of rotatable bonds is 3. The third-order valence-electron chi connectivity index (χ3n) is 6.45. The number of hydrogen-bond acceptors (Lipinski definition) is 4. The van der Waals surface area contributed by atoms with Crippen LogP contribution in [0.1, 0.15) is 27.4 Å². The van der Waals surface area contributed by atoms with Gasteiger partial charge in [-0.15, -0.1) is 0 Å². The van der Waals surface area contributed by atoms with Gasteiger partial charge in [-0.3, -0.25) is 4.79 Å². The van der Waals surface area contributed by atoms with Crippen molar-refractivity contribution in [3.8, 4) is 12.1 Å². The summed E-state index contributed by atoms with van der Waals surface area (Å²) in [6.07, 6.45) is 3.85. The quantitative estimate of drug-likeness (QED) is 0.449. The molecule has 154 valence electrons. The first-order valence-electron chi connectivity index (χ1n) is 10.3. The number of fused-ring (bicyclic) bond motifs is 3. The van der Waals surface area contributed by atoms with E-state index >= 15 is 0 Å². The van der Waals surface area contributed by atoms with Gasteiger partial charge in [0.1, 0.15) is 6.04 Å². The van der Waals surface area contributed by atoms with Gasteiger partial charge in [-0.05, 0) is 29.3 Å². The Hall–Kier alpha value is -3.67. The van der Waals surface area contributed by atoms with Gasteiger partial charge in [-0.2, -0.15) is 10.5 Å². The molecule has 2 aliphatic rings. The first kappa shape index (κ1) is 20.2. The third-order valence-corrected chi connectivity index (χ3v) is 6.94. The van der Waals surface area contributed by atoms with E-state index in [-0.39, 0.29) is 5.78 Å². The van der Waals surface area contributed by atoms with Gasteiger partial charge in [0.05, 0.1) is 18.2 Å². The second-order valence-electron chi connectivity index (χ2n) is 8.07. The van der Waals surface area contributed by atoms with E-state index < -0.39 is 23.4 Å². The van der Waals surface area contributed by atoms with E-state index in [1.54, 1.807) is 12.1 Å². The number of hydrogen-bond donors (Lipinski definition) is 0. The largest absolute Gasteiger partial charge is 0.351 e. The molecule has 2 heterocycles. The SMILES string of the molecule is N#CC1(C#N)[C@H](c2cccc(Br)c2)[C@H](C(=O)c2ccccc2)N2c3ccccc3C=C[C@@H]21. The molecule has 32 heavy (non-hydrogen) atoms. The summed E-state index contributed by atoms with van der Waals surface area (Å²) in [6, 6.07) is 27.9. The van der Waals surface area contributed by atoms with Crippen molar-refractivity contribution >= 4 is 33.5 Å². The average Bonchev–Trinajstić information content (AvgIpc) is 3.15. The van der Waals surface area contributed by atoms with Crippen LogP contribution in [0.2, 0.25) is 0 Å². The molecule has 0 spiro atoms. The summed E-state index contributed by atoms with van der Waals surface area (Å²) in [4.78, 5) is 16.0. The highest BCUT2D eigenvalue weighted by Crippen LogP contribution is 2.55. The first-order chi connectivity index (χ1) is 15.6. The Labute approximate surface area is 195 Å². The molecule has 1 saturated heterocycles. The van der Waals surface area contributed by atoms with Gasteiger partial charge in [-0.1, -0.05) is 88.7 Å². The molecule has 0 N–H and O–H groups in total. The van der Waals surface area contributed by atoms with Crippen molar-refractivity contribution in [3.05, 3.63) is 106 Å². The average molecular weight is 480 g/mol. The van der Waals surface area contributed by atoms with Crippen LogP contribution in [0.15, 0.2) is 89.4 Å². The number of carbonyl (C=O) groups is 1. The summed E-state index contributed by atoms with van der Waals surface area (Å²) >= 11 is 3.52. The maximum absolute atomic E-state index is 14.0. The molecular formula is C27H18BrN3O. The molecule has 4 nitrogen and oxygen atoms in total. The zero-order valence-corrected chi connectivity index (χ0v) is 18.6. The van der Waals surface area contributed by atoms with Crippen LogP contribution in [0, 0.1) is 28.1 Å². The van der Waals surface area contributed by atoms with Crippen LogP contribution in [-0.2, 0) is 0 Å². The van der Waals surface area contributed by atoms with Crippen molar-refractivity contribution in [2.45, 2.75) is 18.0 Å². The Bertz CT molecular complexity index is 1300. The molecule has 0 aromatic heterocycles. The van der Waals surface area contributed by atoms with E-state index in [9.17, 15) is 15.3 Å². The Balaban J connectivity index is 1.80.